The smallest absolute Gasteiger partial charge is 0.214 e. The summed E-state index contributed by atoms with van der Waals surface area (Å²) in [6.45, 7) is 7.34. The van der Waals surface area contributed by atoms with E-state index in [1.165, 1.54) is 0 Å². The quantitative estimate of drug-likeness (QED) is 0.723. The molecule has 1 saturated heterocycles. The average molecular weight is 220 g/mol. The van der Waals surface area contributed by atoms with Crippen LogP contribution in [0.15, 0.2) is 0 Å². The van der Waals surface area contributed by atoms with E-state index in [0.717, 1.165) is 19.5 Å². The van der Waals surface area contributed by atoms with Crippen LogP contribution >= 0.6 is 0 Å². The highest BCUT2D eigenvalue weighted by Crippen LogP contribution is 2.14. The molecule has 1 fully saturated rings. The van der Waals surface area contributed by atoms with Crippen molar-refractivity contribution < 1.29 is 8.42 Å². The third kappa shape index (κ3) is 3.22. The van der Waals surface area contributed by atoms with E-state index in [1.807, 2.05) is 0 Å². The molecule has 1 N–H and O–H groups in total. The fourth-order valence-corrected chi connectivity index (χ4v) is 3.34. The van der Waals surface area contributed by atoms with Crippen LogP contribution in [0.2, 0.25) is 0 Å². The zero-order chi connectivity index (χ0) is 10.6. The van der Waals surface area contributed by atoms with Gasteiger partial charge in [-0.05, 0) is 25.4 Å². The van der Waals surface area contributed by atoms with Gasteiger partial charge in [0.1, 0.15) is 0 Å². The van der Waals surface area contributed by atoms with E-state index in [1.54, 1.807) is 4.31 Å². The largest absolute Gasteiger partial charge is 0.317 e. The molecule has 0 radical (unpaired) electrons. The fourth-order valence-electron chi connectivity index (χ4n) is 1.70. The minimum atomic E-state index is -2.90. The summed E-state index contributed by atoms with van der Waals surface area (Å²) in [5, 5.41) is 3.23. The van der Waals surface area contributed by atoms with Gasteiger partial charge in [0.2, 0.25) is 10.0 Å². The number of hydrogen-bond acceptors (Lipinski definition) is 3. The van der Waals surface area contributed by atoms with Gasteiger partial charge in [-0.15, -0.1) is 0 Å². The van der Waals surface area contributed by atoms with Crippen molar-refractivity contribution >= 4 is 10.0 Å². The number of rotatable bonds is 5. The Balaban J connectivity index is 2.36. The molecule has 0 saturated carbocycles. The molecule has 1 rings (SSSR count). The second kappa shape index (κ2) is 5.09. The van der Waals surface area contributed by atoms with Gasteiger partial charge in [-0.2, -0.15) is 0 Å². The SMILES string of the molecule is CCNCC(C)CN1CCCS1(=O)=O. The standard InChI is InChI=1S/C9H20N2O2S/c1-3-10-7-9(2)8-11-5-4-6-14(11,12)13/h9-10H,3-8H2,1-2H3. The Morgan fingerprint density at radius 2 is 2.21 bits per heavy atom. The maximum absolute atomic E-state index is 11.5. The zero-order valence-electron chi connectivity index (χ0n) is 8.99. The Morgan fingerprint density at radius 3 is 2.71 bits per heavy atom. The van der Waals surface area contributed by atoms with Crippen molar-refractivity contribution in [1.29, 1.82) is 0 Å². The molecule has 0 amide bonds. The third-order valence-electron chi connectivity index (χ3n) is 2.46. The number of nitrogens with one attached hydrogen (secondary N) is 1. The Kier molecular flexibility index (Phi) is 4.34. The molecule has 1 aliphatic heterocycles. The van der Waals surface area contributed by atoms with Gasteiger partial charge in [-0.1, -0.05) is 13.8 Å². The van der Waals surface area contributed by atoms with E-state index in [-0.39, 0.29) is 0 Å². The molecule has 1 aliphatic rings. The fraction of sp³-hybridized carbons (Fsp3) is 1.00. The van der Waals surface area contributed by atoms with Crippen molar-refractivity contribution in [1.82, 2.24) is 9.62 Å². The molecule has 14 heavy (non-hydrogen) atoms. The van der Waals surface area contributed by atoms with Crippen molar-refractivity contribution in [2.24, 2.45) is 5.92 Å². The van der Waals surface area contributed by atoms with Crippen LogP contribution in [-0.2, 0) is 10.0 Å². The van der Waals surface area contributed by atoms with Gasteiger partial charge in [-0.3, -0.25) is 0 Å². The van der Waals surface area contributed by atoms with Crippen LogP contribution in [0.4, 0.5) is 0 Å². The highest BCUT2D eigenvalue weighted by atomic mass is 32.2. The topological polar surface area (TPSA) is 49.4 Å². The number of hydrogen-bond donors (Lipinski definition) is 1. The lowest BCUT2D eigenvalue weighted by atomic mass is 10.2. The molecular weight excluding hydrogens is 200 g/mol. The minimum Gasteiger partial charge on any atom is -0.317 e. The summed E-state index contributed by atoms with van der Waals surface area (Å²) in [6.07, 6.45) is 0.788. The Labute approximate surface area is 86.7 Å². The summed E-state index contributed by atoms with van der Waals surface area (Å²) in [5.41, 5.74) is 0. The molecule has 1 atom stereocenters. The summed E-state index contributed by atoms with van der Waals surface area (Å²) in [6, 6.07) is 0. The van der Waals surface area contributed by atoms with Crippen LogP contribution in [0, 0.1) is 5.92 Å². The molecule has 4 nitrogen and oxygen atoms in total. The van der Waals surface area contributed by atoms with Gasteiger partial charge in [0.05, 0.1) is 5.75 Å². The Morgan fingerprint density at radius 1 is 1.50 bits per heavy atom. The first-order valence-electron chi connectivity index (χ1n) is 5.25. The van der Waals surface area contributed by atoms with E-state index in [0.29, 0.717) is 24.8 Å². The Bertz CT molecular complexity index is 264. The number of sulfonamides is 1. The predicted molar refractivity (Wildman–Crippen MR) is 57.7 cm³/mol. The van der Waals surface area contributed by atoms with Crippen LogP contribution in [0.5, 0.6) is 0 Å². The summed E-state index contributed by atoms with van der Waals surface area (Å²) >= 11 is 0. The normalized spacial score (nSPS) is 23.9. The summed E-state index contributed by atoms with van der Waals surface area (Å²) in [5.74, 6) is 0.726. The second-order valence-electron chi connectivity index (χ2n) is 3.94. The summed E-state index contributed by atoms with van der Waals surface area (Å²) in [7, 11) is -2.90. The van der Waals surface area contributed by atoms with E-state index < -0.39 is 10.0 Å². The number of nitrogens with zero attached hydrogens (tertiary/aromatic N) is 1. The molecule has 1 heterocycles. The maximum Gasteiger partial charge on any atom is 0.214 e. The first-order valence-corrected chi connectivity index (χ1v) is 6.85. The lowest BCUT2D eigenvalue weighted by Gasteiger charge is -2.19. The highest BCUT2D eigenvalue weighted by Gasteiger charge is 2.28. The van der Waals surface area contributed by atoms with Crippen molar-refractivity contribution in [3.63, 3.8) is 0 Å². The van der Waals surface area contributed by atoms with Gasteiger partial charge in [0.25, 0.3) is 0 Å². The first kappa shape index (κ1) is 11.9. The van der Waals surface area contributed by atoms with Crippen LogP contribution in [-0.4, -0.2) is 44.7 Å². The van der Waals surface area contributed by atoms with Crippen LogP contribution < -0.4 is 5.32 Å². The molecule has 0 bridgehead atoms. The monoisotopic (exact) mass is 220 g/mol. The minimum absolute atomic E-state index is 0.334. The molecule has 0 aromatic heterocycles. The predicted octanol–water partition coefficient (Wildman–Crippen LogP) is 0.267. The van der Waals surface area contributed by atoms with E-state index in [2.05, 4.69) is 19.2 Å². The summed E-state index contributed by atoms with van der Waals surface area (Å²) < 4.78 is 24.6. The molecule has 5 heteroatoms. The molecule has 84 valence electrons. The zero-order valence-corrected chi connectivity index (χ0v) is 9.81. The van der Waals surface area contributed by atoms with E-state index in [9.17, 15) is 8.42 Å². The molecule has 0 aromatic carbocycles. The maximum atomic E-state index is 11.5. The van der Waals surface area contributed by atoms with E-state index in [4.69, 9.17) is 0 Å². The molecule has 1 unspecified atom stereocenters. The van der Waals surface area contributed by atoms with E-state index >= 15 is 0 Å². The third-order valence-corrected chi connectivity index (χ3v) is 4.38. The lowest BCUT2D eigenvalue weighted by Crippen LogP contribution is -2.34. The average Bonchev–Trinajstić information content (AvgIpc) is 2.43. The first-order chi connectivity index (χ1) is 6.56. The van der Waals surface area contributed by atoms with Gasteiger partial charge in [-0.25, -0.2) is 12.7 Å². The van der Waals surface area contributed by atoms with Gasteiger partial charge in [0, 0.05) is 13.1 Å². The van der Waals surface area contributed by atoms with Gasteiger partial charge in [0.15, 0.2) is 0 Å². The molecular formula is C9H20N2O2S. The second-order valence-corrected chi connectivity index (χ2v) is 6.03. The van der Waals surface area contributed by atoms with Crippen molar-refractivity contribution in [2.45, 2.75) is 20.3 Å². The van der Waals surface area contributed by atoms with Gasteiger partial charge >= 0.3 is 0 Å². The molecule has 0 spiro atoms. The van der Waals surface area contributed by atoms with Crippen molar-refractivity contribution in [3.05, 3.63) is 0 Å². The van der Waals surface area contributed by atoms with Crippen LogP contribution in [0.3, 0.4) is 0 Å². The molecule has 0 aromatic rings. The molecule has 0 aliphatic carbocycles. The van der Waals surface area contributed by atoms with Crippen molar-refractivity contribution in [2.75, 3.05) is 31.9 Å². The summed E-state index contributed by atoms with van der Waals surface area (Å²) in [4.78, 5) is 0. The van der Waals surface area contributed by atoms with Crippen molar-refractivity contribution in [3.8, 4) is 0 Å². The van der Waals surface area contributed by atoms with Crippen LogP contribution in [0.25, 0.3) is 0 Å². The Hall–Kier alpha value is -0.130. The lowest BCUT2D eigenvalue weighted by molar-refractivity contribution is 0.367. The van der Waals surface area contributed by atoms with Crippen LogP contribution in [0.1, 0.15) is 20.3 Å². The highest BCUT2D eigenvalue weighted by molar-refractivity contribution is 7.89. The van der Waals surface area contributed by atoms with Gasteiger partial charge < -0.3 is 5.32 Å².